The molecule has 0 unspecified atom stereocenters. The molecule has 0 atom stereocenters. The summed E-state index contributed by atoms with van der Waals surface area (Å²) in [6.07, 6.45) is 0.747. The van der Waals surface area contributed by atoms with Crippen LogP contribution in [0.4, 0.5) is 0 Å². The molecule has 0 bridgehead atoms. The Hall–Kier alpha value is -1.92. The van der Waals surface area contributed by atoms with E-state index in [1.165, 1.54) is 0 Å². The van der Waals surface area contributed by atoms with Crippen LogP contribution in [0.1, 0.15) is 17.7 Å². The lowest BCUT2D eigenvalue weighted by molar-refractivity contribution is -0.126. The van der Waals surface area contributed by atoms with Crippen LogP contribution in [0.5, 0.6) is 0 Å². The molecule has 1 aliphatic rings. The standard InChI is InChI=1S/C15H11NOS/c16-10-15(8-12(17)9-15)14-7-6-13(18-14)11-4-2-1-3-5-11/h1-7H,8-9H2. The third-order valence-electron chi connectivity index (χ3n) is 3.35. The van der Waals surface area contributed by atoms with Crippen molar-refractivity contribution in [3.63, 3.8) is 0 Å². The van der Waals surface area contributed by atoms with E-state index < -0.39 is 5.41 Å². The van der Waals surface area contributed by atoms with Crippen LogP contribution in [0.15, 0.2) is 42.5 Å². The van der Waals surface area contributed by atoms with E-state index in [0.29, 0.717) is 12.8 Å². The van der Waals surface area contributed by atoms with Gasteiger partial charge in [-0.3, -0.25) is 4.79 Å². The zero-order chi connectivity index (χ0) is 12.6. The molecule has 0 aliphatic heterocycles. The Morgan fingerprint density at radius 2 is 1.83 bits per heavy atom. The first kappa shape index (κ1) is 11.2. The van der Waals surface area contributed by atoms with Crippen molar-refractivity contribution in [2.45, 2.75) is 18.3 Å². The summed E-state index contributed by atoms with van der Waals surface area (Å²) in [7, 11) is 0. The van der Waals surface area contributed by atoms with Crippen molar-refractivity contribution >= 4 is 17.1 Å². The number of carbonyl (C=O) groups is 1. The number of rotatable bonds is 2. The van der Waals surface area contributed by atoms with Crippen LogP contribution in [-0.4, -0.2) is 5.78 Å². The molecule has 3 rings (SSSR count). The number of nitriles is 1. The molecular weight excluding hydrogens is 242 g/mol. The third kappa shape index (κ3) is 1.66. The Balaban J connectivity index is 1.96. The van der Waals surface area contributed by atoms with Gasteiger partial charge in [0.2, 0.25) is 0 Å². The molecule has 1 aromatic carbocycles. The van der Waals surface area contributed by atoms with E-state index in [0.717, 1.165) is 15.3 Å². The van der Waals surface area contributed by atoms with Crippen molar-refractivity contribution in [3.8, 4) is 16.5 Å². The Morgan fingerprint density at radius 1 is 1.11 bits per heavy atom. The quantitative estimate of drug-likeness (QED) is 0.821. The topological polar surface area (TPSA) is 40.9 Å². The van der Waals surface area contributed by atoms with Crippen LogP contribution in [0.3, 0.4) is 0 Å². The third-order valence-corrected chi connectivity index (χ3v) is 4.69. The number of carbonyl (C=O) groups excluding carboxylic acids is 1. The summed E-state index contributed by atoms with van der Waals surface area (Å²) in [6.45, 7) is 0. The van der Waals surface area contributed by atoms with Crippen molar-refractivity contribution in [1.82, 2.24) is 0 Å². The number of ketones is 1. The summed E-state index contributed by atoms with van der Waals surface area (Å²) in [4.78, 5) is 13.3. The molecule has 1 saturated carbocycles. The van der Waals surface area contributed by atoms with Crippen molar-refractivity contribution in [1.29, 1.82) is 5.26 Å². The lowest BCUT2D eigenvalue weighted by Crippen LogP contribution is -2.39. The van der Waals surface area contributed by atoms with Gasteiger partial charge in [0.15, 0.2) is 0 Å². The van der Waals surface area contributed by atoms with Crippen molar-refractivity contribution in [2.75, 3.05) is 0 Å². The van der Waals surface area contributed by atoms with Gasteiger partial charge < -0.3 is 0 Å². The maximum Gasteiger partial charge on any atom is 0.136 e. The van der Waals surface area contributed by atoms with Gasteiger partial charge in [-0.2, -0.15) is 5.26 Å². The maximum absolute atomic E-state index is 11.2. The van der Waals surface area contributed by atoms with Crippen LogP contribution in [0, 0.1) is 11.3 Å². The highest BCUT2D eigenvalue weighted by molar-refractivity contribution is 7.15. The largest absolute Gasteiger partial charge is 0.300 e. The summed E-state index contributed by atoms with van der Waals surface area (Å²) in [6, 6.07) is 16.4. The zero-order valence-electron chi connectivity index (χ0n) is 9.72. The van der Waals surface area contributed by atoms with Gasteiger partial charge in [0.25, 0.3) is 0 Å². The summed E-state index contributed by atoms with van der Waals surface area (Å²) in [5, 5.41) is 9.29. The monoisotopic (exact) mass is 253 g/mol. The molecule has 0 amide bonds. The summed E-state index contributed by atoms with van der Waals surface area (Å²) >= 11 is 1.62. The molecular formula is C15H11NOS. The van der Waals surface area contributed by atoms with E-state index in [1.54, 1.807) is 11.3 Å². The fraction of sp³-hybridized carbons (Fsp3) is 0.200. The van der Waals surface area contributed by atoms with Crippen molar-refractivity contribution < 1.29 is 4.79 Å². The van der Waals surface area contributed by atoms with Crippen molar-refractivity contribution in [2.24, 2.45) is 0 Å². The SMILES string of the molecule is N#CC1(c2ccc(-c3ccccc3)s2)CC(=O)C1. The highest BCUT2D eigenvalue weighted by Gasteiger charge is 2.46. The molecule has 0 N–H and O–H groups in total. The smallest absolute Gasteiger partial charge is 0.136 e. The molecule has 0 spiro atoms. The minimum Gasteiger partial charge on any atom is -0.300 e. The second-order valence-electron chi connectivity index (χ2n) is 4.62. The second kappa shape index (κ2) is 4.08. The number of hydrogen-bond donors (Lipinski definition) is 0. The van der Waals surface area contributed by atoms with Gasteiger partial charge in [-0.25, -0.2) is 0 Å². The molecule has 3 heteroatoms. The molecule has 1 fully saturated rings. The Kier molecular flexibility index (Phi) is 2.53. The predicted molar refractivity (Wildman–Crippen MR) is 71.3 cm³/mol. The number of thiophene rings is 1. The van der Waals surface area contributed by atoms with Gasteiger partial charge in [-0.15, -0.1) is 11.3 Å². The Morgan fingerprint density at radius 3 is 2.44 bits per heavy atom. The molecule has 1 heterocycles. The predicted octanol–water partition coefficient (Wildman–Crippen LogP) is 3.54. The highest BCUT2D eigenvalue weighted by atomic mass is 32.1. The maximum atomic E-state index is 11.2. The fourth-order valence-electron chi connectivity index (χ4n) is 2.28. The second-order valence-corrected chi connectivity index (χ2v) is 5.70. The molecule has 1 aliphatic carbocycles. The number of benzene rings is 1. The summed E-state index contributed by atoms with van der Waals surface area (Å²) < 4.78 is 0. The van der Waals surface area contributed by atoms with Gasteiger partial charge in [0.05, 0.1) is 6.07 Å². The summed E-state index contributed by atoms with van der Waals surface area (Å²) in [5.74, 6) is 0.186. The summed E-state index contributed by atoms with van der Waals surface area (Å²) in [5.41, 5.74) is 0.613. The number of Topliss-reactive ketones (excluding diaryl/α,β-unsaturated/α-hetero) is 1. The van der Waals surface area contributed by atoms with Gasteiger partial charge >= 0.3 is 0 Å². The van der Waals surface area contributed by atoms with Crippen LogP contribution in [-0.2, 0) is 10.2 Å². The van der Waals surface area contributed by atoms with Crippen molar-refractivity contribution in [3.05, 3.63) is 47.3 Å². The first-order valence-corrected chi connectivity index (χ1v) is 6.64. The van der Waals surface area contributed by atoms with E-state index in [1.807, 2.05) is 30.3 Å². The minimum atomic E-state index is -0.547. The van der Waals surface area contributed by atoms with Gasteiger partial charge in [0, 0.05) is 22.6 Å². The van der Waals surface area contributed by atoms with Crippen LogP contribution in [0.25, 0.3) is 10.4 Å². The first-order chi connectivity index (χ1) is 8.73. The lowest BCUT2D eigenvalue weighted by Gasteiger charge is -2.32. The highest BCUT2D eigenvalue weighted by Crippen LogP contribution is 2.45. The number of hydrogen-bond acceptors (Lipinski definition) is 3. The zero-order valence-corrected chi connectivity index (χ0v) is 10.5. The lowest BCUT2D eigenvalue weighted by atomic mass is 9.68. The van der Waals surface area contributed by atoms with Gasteiger partial charge in [-0.05, 0) is 17.7 Å². The molecule has 0 saturated heterocycles. The van der Waals surface area contributed by atoms with Gasteiger partial charge in [-0.1, -0.05) is 30.3 Å². The normalized spacial score (nSPS) is 16.9. The van der Waals surface area contributed by atoms with Crippen LogP contribution in [0.2, 0.25) is 0 Å². The Labute approximate surface area is 110 Å². The fourth-order valence-corrected chi connectivity index (χ4v) is 3.43. The average molecular weight is 253 g/mol. The molecule has 88 valence electrons. The van der Waals surface area contributed by atoms with E-state index in [-0.39, 0.29) is 5.78 Å². The Bertz CT molecular complexity index is 628. The van der Waals surface area contributed by atoms with E-state index in [9.17, 15) is 10.1 Å². The molecule has 18 heavy (non-hydrogen) atoms. The minimum absolute atomic E-state index is 0.186. The van der Waals surface area contributed by atoms with Crippen LogP contribution >= 0.6 is 11.3 Å². The molecule has 1 aromatic heterocycles. The molecule has 0 radical (unpaired) electrons. The van der Waals surface area contributed by atoms with E-state index >= 15 is 0 Å². The first-order valence-electron chi connectivity index (χ1n) is 5.82. The molecule has 2 aromatic rings. The number of nitrogens with zero attached hydrogens (tertiary/aromatic N) is 1. The average Bonchev–Trinajstić information content (AvgIpc) is 2.85. The molecule has 2 nitrogen and oxygen atoms in total. The van der Waals surface area contributed by atoms with Gasteiger partial charge in [0.1, 0.15) is 11.2 Å². The van der Waals surface area contributed by atoms with E-state index in [2.05, 4.69) is 18.2 Å². The van der Waals surface area contributed by atoms with Crippen LogP contribution < -0.4 is 0 Å². The van der Waals surface area contributed by atoms with E-state index in [4.69, 9.17) is 0 Å².